The molecule has 0 aliphatic carbocycles. The topological polar surface area (TPSA) is 132 Å². The van der Waals surface area contributed by atoms with Crippen LogP contribution in [0.25, 0.3) is 16.8 Å². The van der Waals surface area contributed by atoms with E-state index in [1.807, 2.05) is 0 Å². The number of nitrogens with zero attached hydrogens (tertiary/aromatic N) is 4. The van der Waals surface area contributed by atoms with Crippen LogP contribution in [0.15, 0.2) is 16.7 Å². The second kappa shape index (κ2) is 7.78. The van der Waals surface area contributed by atoms with Gasteiger partial charge in [0, 0.05) is 18.7 Å². The summed E-state index contributed by atoms with van der Waals surface area (Å²) in [5.41, 5.74) is -1.79. The first-order valence-corrected chi connectivity index (χ1v) is 11.6. The highest BCUT2D eigenvalue weighted by Crippen LogP contribution is 2.49. The van der Waals surface area contributed by atoms with Gasteiger partial charge in [0.1, 0.15) is 5.69 Å². The predicted molar refractivity (Wildman–Crippen MR) is 120 cm³/mol. The lowest BCUT2D eigenvalue weighted by Crippen LogP contribution is -2.75. The first-order valence-electron chi connectivity index (χ1n) is 11.6. The summed E-state index contributed by atoms with van der Waals surface area (Å²) in [4.78, 5) is 40.1. The average molecular weight is 518 g/mol. The van der Waals surface area contributed by atoms with E-state index in [9.17, 15) is 23.2 Å². The molecular formula is C23H21F3N6O5. The third kappa shape index (κ3) is 3.14. The fourth-order valence-corrected chi connectivity index (χ4v) is 5.91. The number of barbiturate groups is 1. The SMILES string of the molecule is Cc1cc(C(F)F)nn1-c1noc2c(F)c3c(cc12)CC1(C(=O)NC(=O)NC1=O)[C@H]1[C@H](C)O[C@H](C)CN31. The van der Waals surface area contributed by atoms with Crippen molar-refractivity contribution in [2.45, 2.75) is 51.9 Å². The quantitative estimate of drug-likeness (QED) is 0.494. The molecule has 2 saturated heterocycles. The number of hydrogen-bond acceptors (Lipinski definition) is 8. The number of imide groups is 2. The summed E-state index contributed by atoms with van der Waals surface area (Å²) < 4.78 is 55.0. The van der Waals surface area contributed by atoms with Crippen molar-refractivity contribution in [3.8, 4) is 5.82 Å². The zero-order valence-corrected chi connectivity index (χ0v) is 19.8. The Hall–Kier alpha value is -3.94. The number of anilines is 1. The number of morpholine rings is 1. The summed E-state index contributed by atoms with van der Waals surface area (Å²) in [6.07, 6.45) is -4.13. The van der Waals surface area contributed by atoms with Crippen molar-refractivity contribution in [3.05, 3.63) is 34.9 Å². The largest absolute Gasteiger partial charge is 0.372 e. The molecule has 0 bridgehead atoms. The fraction of sp³-hybridized carbons (Fsp3) is 0.435. The van der Waals surface area contributed by atoms with Crippen LogP contribution in [0.3, 0.4) is 0 Å². The number of alkyl halides is 2. The van der Waals surface area contributed by atoms with Crippen LogP contribution in [0.1, 0.15) is 37.2 Å². The van der Waals surface area contributed by atoms with Gasteiger partial charge in [-0.25, -0.2) is 22.6 Å². The number of hydrogen-bond donors (Lipinski definition) is 2. The highest BCUT2D eigenvalue weighted by molar-refractivity contribution is 6.20. The van der Waals surface area contributed by atoms with Crippen molar-refractivity contribution in [3.63, 3.8) is 0 Å². The Morgan fingerprint density at radius 2 is 1.86 bits per heavy atom. The number of aryl methyl sites for hydroxylation is 1. The first kappa shape index (κ1) is 23.5. The van der Waals surface area contributed by atoms with E-state index >= 15 is 4.39 Å². The summed E-state index contributed by atoms with van der Waals surface area (Å²) >= 11 is 0. The highest BCUT2D eigenvalue weighted by Gasteiger charge is 2.63. The zero-order chi connectivity index (χ0) is 26.4. The number of ether oxygens (including phenoxy) is 1. The summed E-state index contributed by atoms with van der Waals surface area (Å²) in [5, 5.41) is 12.2. The molecule has 6 rings (SSSR count). The highest BCUT2D eigenvalue weighted by atomic mass is 19.3. The molecule has 0 saturated carbocycles. The van der Waals surface area contributed by atoms with E-state index in [4.69, 9.17) is 9.26 Å². The molecule has 2 aromatic heterocycles. The second-order valence-corrected chi connectivity index (χ2v) is 9.64. The van der Waals surface area contributed by atoms with Gasteiger partial charge in [0.05, 0.1) is 29.3 Å². The molecule has 37 heavy (non-hydrogen) atoms. The number of amides is 4. The van der Waals surface area contributed by atoms with Crippen LogP contribution in [0.4, 0.5) is 23.7 Å². The van der Waals surface area contributed by atoms with Gasteiger partial charge < -0.3 is 14.2 Å². The van der Waals surface area contributed by atoms with Crippen LogP contribution in [-0.2, 0) is 20.7 Å². The van der Waals surface area contributed by atoms with Crippen LogP contribution < -0.4 is 15.5 Å². The van der Waals surface area contributed by atoms with Crippen LogP contribution in [0.5, 0.6) is 0 Å². The molecule has 3 aromatic rings. The lowest BCUT2D eigenvalue weighted by atomic mass is 9.66. The van der Waals surface area contributed by atoms with Crippen molar-refractivity contribution in [1.82, 2.24) is 25.6 Å². The average Bonchev–Trinajstić information content (AvgIpc) is 3.40. The third-order valence-electron chi connectivity index (χ3n) is 7.28. The summed E-state index contributed by atoms with van der Waals surface area (Å²) in [6, 6.07) is 0.829. The summed E-state index contributed by atoms with van der Waals surface area (Å²) in [7, 11) is 0. The van der Waals surface area contributed by atoms with Gasteiger partial charge in [-0.1, -0.05) is 5.16 Å². The van der Waals surface area contributed by atoms with Crippen molar-refractivity contribution in [2.75, 3.05) is 11.4 Å². The Balaban J connectivity index is 1.58. The van der Waals surface area contributed by atoms with Gasteiger partial charge in [-0.15, -0.1) is 0 Å². The third-order valence-corrected chi connectivity index (χ3v) is 7.28. The molecule has 14 heteroatoms. The molecule has 11 nitrogen and oxygen atoms in total. The van der Waals surface area contributed by atoms with Crippen LogP contribution in [-0.4, -0.2) is 57.6 Å². The Morgan fingerprint density at radius 1 is 1.16 bits per heavy atom. The van der Waals surface area contributed by atoms with E-state index in [0.717, 1.165) is 4.68 Å². The molecule has 3 aliphatic heterocycles. The molecule has 0 radical (unpaired) electrons. The first-order chi connectivity index (χ1) is 17.5. The Morgan fingerprint density at radius 3 is 2.51 bits per heavy atom. The second-order valence-electron chi connectivity index (χ2n) is 9.64. The number of benzene rings is 1. The maximum Gasteiger partial charge on any atom is 0.328 e. The van der Waals surface area contributed by atoms with Gasteiger partial charge in [0.2, 0.25) is 23.2 Å². The van der Waals surface area contributed by atoms with Gasteiger partial charge in [0.25, 0.3) is 6.43 Å². The standard InChI is InChI=1S/C23H21F3N6O5/c1-8-4-13(18(25)26)29-32(8)19-12-5-11-6-23(20(33)27-22(35)28-21(23)34)17-10(3)36-9(2)7-31(17)15(11)14(24)16(12)37-30-19/h4-5,9-10,17-18H,6-7H2,1-3H3,(H2,27,28,33,34,35)/t9-,10+,17-/m1/s1. The molecule has 1 spiro atoms. The number of rotatable bonds is 2. The Kier molecular flexibility index (Phi) is 4.93. The molecule has 3 atom stereocenters. The molecule has 2 fully saturated rings. The normalized spacial score (nSPS) is 24.9. The van der Waals surface area contributed by atoms with Crippen molar-refractivity contribution in [1.29, 1.82) is 0 Å². The van der Waals surface area contributed by atoms with E-state index in [2.05, 4.69) is 20.9 Å². The molecule has 194 valence electrons. The number of nitrogens with one attached hydrogen (secondary N) is 2. The van der Waals surface area contributed by atoms with Crippen LogP contribution >= 0.6 is 0 Å². The molecule has 0 unspecified atom stereocenters. The molecule has 2 N–H and O–H groups in total. The van der Waals surface area contributed by atoms with Gasteiger partial charge >= 0.3 is 6.03 Å². The molecule has 3 aliphatic rings. The predicted octanol–water partition coefficient (Wildman–Crippen LogP) is 2.29. The number of carbonyl (C=O) groups excluding carboxylic acids is 3. The van der Waals surface area contributed by atoms with Crippen molar-refractivity contribution in [2.24, 2.45) is 5.41 Å². The van der Waals surface area contributed by atoms with Gasteiger partial charge in [-0.2, -0.15) is 5.10 Å². The van der Waals surface area contributed by atoms with E-state index in [-0.39, 0.29) is 47.1 Å². The van der Waals surface area contributed by atoms with E-state index in [0.29, 0.717) is 5.69 Å². The zero-order valence-electron chi connectivity index (χ0n) is 19.8. The van der Waals surface area contributed by atoms with E-state index in [1.54, 1.807) is 18.7 Å². The minimum atomic E-state index is -2.82. The maximum absolute atomic E-state index is 16.1. The lowest BCUT2D eigenvalue weighted by Gasteiger charge is -2.55. The van der Waals surface area contributed by atoms with Gasteiger partial charge in [-0.05, 0) is 38.5 Å². The number of carbonyl (C=O) groups is 3. The monoisotopic (exact) mass is 518 g/mol. The maximum atomic E-state index is 16.1. The summed E-state index contributed by atoms with van der Waals surface area (Å²) in [6.45, 7) is 5.15. The number of aromatic nitrogens is 3. The van der Waals surface area contributed by atoms with Gasteiger partial charge in [0.15, 0.2) is 11.2 Å². The number of urea groups is 1. The van der Waals surface area contributed by atoms with E-state index in [1.165, 1.54) is 19.1 Å². The van der Waals surface area contributed by atoms with E-state index < -0.39 is 53.3 Å². The van der Waals surface area contributed by atoms with Crippen LogP contribution in [0.2, 0.25) is 0 Å². The Labute approximate surface area is 206 Å². The van der Waals surface area contributed by atoms with Gasteiger partial charge in [-0.3, -0.25) is 20.2 Å². The minimum absolute atomic E-state index is 0.0197. The van der Waals surface area contributed by atoms with Crippen LogP contribution in [0, 0.1) is 18.2 Å². The lowest BCUT2D eigenvalue weighted by molar-refractivity contribution is -0.153. The number of halogens is 3. The molecular weight excluding hydrogens is 497 g/mol. The molecule has 5 heterocycles. The van der Waals surface area contributed by atoms with Crippen molar-refractivity contribution < 1.29 is 36.8 Å². The number of fused-ring (bicyclic) bond motifs is 5. The minimum Gasteiger partial charge on any atom is -0.372 e. The molecule has 1 aromatic carbocycles. The molecule has 4 amide bonds. The fourth-order valence-electron chi connectivity index (χ4n) is 5.91. The summed E-state index contributed by atoms with van der Waals surface area (Å²) in [5.74, 6) is -2.43. The smallest absolute Gasteiger partial charge is 0.328 e. The Bertz CT molecular complexity index is 1480. The van der Waals surface area contributed by atoms with Crippen molar-refractivity contribution >= 4 is 34.5 Å².